The van der Waals surface area contributed by atoms with Crippen LogP contribution in [0.2, 0.25) is 0 Å². The Hall–Kier alpha value is -1.09. The first-order valence-corrected chi connectivity index (χ1v) is 6.76. The third-order valence-corrected chi connectivity index (χ3v) is 4.56. The van der Waals surface area contributed by atoms with Crippen LogP contribution in [0.1, 0.15) is 12.8 Å². The topological polar surface area (TPSA) is 34.1 Å². The molecule has 15 heavy (non-hydrogen) atoms. The summed E-state index contributed by atoms with van der Waals surface area (Å²) in [5, 5.41) is 0. The smallest absolute Gasteiger partial charge is 0.178 e. The Balaban J connectivity index is 2.14. The van der Waals surface area contributed by atoms with Gasteiger partial charge in [0.1, 0.15) is 0 Å². The third kappa shape index (κ3) is 2.48. The number of hydrogen-bond acceptors (Lipinski definition) is 2. The average Bonchev–Trinajstić information content (AvgIpc) is 2.71. The van der Waals surface area contributed by atoms with Gasteiger partial charge in [-0.2, -0.15) is 0 Å². The van der Waals surface area contributed by atoms with Crippen LogP contribution in [-0.2, 0) is 9.84 Å². The lowest BCUT2D eigenvalue weighted by molar-refractivity contribution is 0.567. The Morgan fingerprint density at radius 2 is 1.67 bits per heavy atom. The van der Waals surface area contributed by atoms with E-state index in [1.165, 1.54) is 0 Å². The lowest BCUT2D eigenvalue weighted by Gasteiger charge is -2.09. The fraction of sp³-hybridized carbons (Fsp3) is 0.333. The predicted molar refractivity (Wildman–Crippen MR) is 60.4 cm³/mol. The summed E-state index contributed by atoms with van der Waals surface area (Å²) in [5.74, 6) is 0.541. The van der Waals surface area contributed by atoms with Crippen LogP contribution in [0.5, 0.6) is 0 Å². The molecule has 0 saturated heterocycles. The average molecular weight is 222 g/mol. The normalized spacial score (nSPS) is 17.1. The first-order chi connectivity index (χ1) is 7.18. The van der Waals surface area contributed by atoms with E-state index in [1.54, 1.807) is 24.3 Å². The largest absolute Gasteiger partial charge is 0.224 e. The molecule has 0 aromatic heterocycles. The molecule has 0 saturated carbocycles. The number of allylic oxidation sites excluding steroid dienone is 2. The van der Waals surface area contributed by atoms with Gasteiger partial charge in [0.15, 0.2) is 9.84 Å². The van der Waals surface area contributed by atoms with Crippen molar-refractivity contribution in [1.82, 2.24) is 0 Å². The first kappa shape index (κ1) is 10.4. The Labute approximate surface area is 90.6 Å². The van der Waals surface area contributed by atoms with Crippen molar-refractivity contribution < 1.29 is 8.42 Å². The van der Waals surface area contributed by atoms with E-state index in [1.807, 2.05) is 6.07 Å². The molecule has 0 aliphatic heterocycles. The molecule has 0 unspecified atom stereocenters. The number of sulfone groups is 1. The third-order valence-electron chi connectivity index (χ3n) is 2.66. The molecule has 1 aromatic carbocycles. The van der Waals surface area contributed by atoms with E-state index < -0.39 is 9.84 Å². The van der Waals surface area contributed by atoms with Crippen LogP contribution in [0, 0.1) is 5.92 Å². The fourth-order valence-corrected chi connectivity index (χ4v) is 3.50. The minimum Gasteiger partial charge on any atom is -0.224 e. The van der Waals surface area contributed by atoms with Crippen molar-refractivity contribution in [3.63, 3.8) is 0 Å². The molecule has 2 rings (SSSR count). The van der Waals surface area contributed by atoms with Gasteiger partial charge >= 0.3 is 0 Å². The van der Waals surface area contributed by atoms with Crippen molar-refractivity contribution in [1.29, 1.82) is 0 Å². The van der Waals surface area contributed by atoms with Crippen LogP contribution in [0.15, 0.2) is 47.4 Å². The highest BCUT2D eigenvalue weighted by molar-refractivity contribution is 7.91. The molecule has 1 aliphatic carbocycles. The van der Waals surface area contributed by atoms with E-state index in [9.17, 15) is 8.42 Å². The summed E-state index contributed by atoms with van der Waals surface area (Å²) in [5.41, 5.74) is 0. The number of benzene rings is 1. The maximum atomic E-state index is 12.0. The van der Waals surface area contributed by atoms with Gasteiger partial charge in [0.05, 0.1) is 10.6 Å². The van der Waals surface area contributed by atoms with Crippen LogP contribution in [0.25, 0.3) is 0 Å². The van der Waals surface area contributed by atoms with Gasteiger partial charge < -0.3 is 0 Å². The van der Waals surface area contributed by atoms with Crippen molar-refractivity contribution >= 4 is 9.84 Å². The Bertz CT molecular complexity index is 438. The Morgan fingerprint density at radius 3 is 2.27 bits per heavy atom. The van der Waals surface area contributed by atoms with Gasteiger partial charge in [-0.1, -0.05) is 30.4 Å². The molecule has 0 radical (unpaired) electrons. The van der Waals surface area contributed by atoms with Crippen LogP contribution >= 0.6 is 0 Å². The molecule has 0 amide bonds. The summed E-state index contributed by atoms with van der Waals surface area (Å²) in [6.45, 7) is 0. The molecule has 0 spiro atoms. The van der Waals surface area contributed by atoms with Crippen LogP contribution in [-0.4, -0.2) is 14.2 Å². The highest BCUT2D eigenvalue weighted by Gasteiger charge is 2.21. The van der Waals surface area contributed by atoms with Gasteiger partial charge in [-0.3, -0.25) is 0 Å². The molecule has 0 N–H and O–H groups in total. The van der Waals surface area contributed by atoms with E-state index >= 15 is 0 Å². The second kappa shape index (κ2) is 4.19. The molecule has 1 aliphatic rings. The zero-order valence-corrected chi connectivity index (χ0v) is 9.28. The minimum absolute atomic E-state index is 0.268. The van der Waals surface area contributed by atoms with Crippen molar-refractivity contribution in [2.45, 2.75) is 17.7 Å². The quantitative estimate of drug-likeness (QED) is 0.736. The van der Waals surface area contributed by atoms with E-state index in [2.05, 4.69) is 12.2 Å². The summed E-state index contributed by atoms with van der Waals surface area (Å²) in [4.78, 5) is 0.442. The van der Waals surface area contributed by atoms with Gasteiger partial charge in [-0.25, -0.2) is 8.42 Å². The summed E-state index contributed by atoms with van der Waals surface area (Å²) in [6.07, 6.45) is 5.91. The number of rotatable bonds is 3. The SMILES string of the molecule is O=S(=O)(CC1CC=CC1)c1ccccc1. The molecule has 0 bridgehead atoms. The Morgan fingerprint density at radius 1 is 1.07 bits per heavy atom. The molecule has 0 atom stereocenters. The molecular formula is C12H14O2S. The molecular weight excluding hydrogens is 208 g/mol. The maximum absolute atomic E-state index is 12.0. The van der Waals surface area contributed by atoms with Gasteiger partial charge in [0.2, 0.25) is 0 Å². The van der Waals surface area contributed by atoms with Crippen molar-refractivity contribution in [3.8, 4) is 0 Å². The van der Waals surface area contributed by atoms with Crippen LogP contribution in [0.3, 0.4) is 0 Å². The van der Waals surface area contributed by atoms with E-state index in [4.69, 9.17) is 0 Å². The first-order valence-electron chi connectivity index (χ1n) is 5.11. The van der Waals surface area contributed by atoms with Gasteiger partial charge in [-0.15, -0.1) is 0 Å². The zero-order chi connectivity index (χ0) is 10.7. The molecule has 80 valence electrons. The van der Waals surface area contributed by atoms with E-state index in [0.29, 0.717) is 4.90 Å². The molecule has 0 fully saturated rings. The van der Waals surface area contributed by atoms with Crippen molar-refractivity contribution in [3.05, 3.63) is 42.5 Å². The van der Waals surface area contributed by atoms with Gasteiger partial charge in [-0.05, 0) is 30.9 Å². The van der Waals surface area contributed by atoms with Crippen LogP contribution in [0.4, 0.5) is 0 Å². The van der Waals surface area contributed by atoms with Gasteiger partial charge in [0, 0.05) is 0 Å². The van der Waals surface area contributed by atoms with Crippen molar-refractivity contribution in [2.24, 2.45) is 5.92 Å². The monoisotopic (exact) mass is 222 g/mol. The van der Waals surface area contributed by atoms with Crippen LogP contribution < -0.4 is 0 Å². The maximum Gasteiger partial charge on any atom is 0.178 e. The second-order valence-corrected chi connectivity index (χ2v) is 5.94. The standard InChI is InChI=1S/C12H14O2S/c13-15(14,10-11-6-4-5-7-11)12-8-2-1-3-9-12/h1-5,8-9,11H,6-7,10H2. The van der Waals surface area contributed by atoms with Crippen molar-refractivity contribution in [2.75, 3.05) is 5.75 Å². The fourth-order valence-electron chi connectivity index (χ4n) is 1.84. The molecule has 0 heterocycles. The highest BCUT2D eigenvalue weighted by atomic mass is 32.2. The molecule has 2 nitrogen and oxygen atoms in total. The second-order valence-electron chi connectivity index (χ2n) is 3.90. The zero-order valence-electron chi connectivity index (χ0n) is 8.46. The lowest BCUT2D eigenvalue weighted by atomic mass is 10.1. The predicted octanol–water partition coefficient (Wildman–Crippen LogP) is 2.43. The summed E-state index contributed by atoms with van der Waals surface area (Å²) < 4.78 is 23.9. The van der Waals surface area contributed by atoms with E-state index in [-0.39, 0.29) is 11.7 Å². The summed E-state index contributed by atoms with van der Waals surface area (Å²) >= 11 is 0. The van der Waals surface area contributed by atoms with Gasteiger partial charge in [0.25, 0.3) is 0 Å². The minimum atomic E-state index is -3.08. The summed E-state index contributed by atoms with van der Waals surface area (Å²) in [7, 11) is -3.08. The number of hydrogen-bond donors (Lipinski definition) is 0. The molecule has 1 aromatic rings. The lowest BCUT2D eigenvalue weighted by Crippen LogP contribution is -2.14. The molecule has 3 heteroatoms. The van der Waals surface area contributed by atoms with E-state index in [0.717, 1.165) is 12.8 Å². The summed E-state index contributed by atoms with van der Waals surface area (Å²) in [6, 6.07) is 8.69. The highest BCUT2D eigenvalue weighted by Crippen LogP contribution is 2.22. The Kier molecular flexibility index (Phi) is 2.91.